The number of carbonyl (C=O) groups is 1. The summed E-state index contributed by atoms with van der Waals surface area (Å²) in [6.45, 7) is 8.28. The van der Waals surface area contributed by atoms with Gasteiger partial charge in [-0.05, 0) is 38.3 Å². The van der Waals surface area contributed by atoms with Crippen molar-refractivity contribution >= 4 is 33.0 Å². The van der Waals surface area contributed by atoms with Crippen molar-refractivity contribution in [1.82, 2.24) is 5.32 Å². The van der Waals surface area contributed by atoms with Crippen molar-refractivity contribution in [3.8, 4) is 0 Å². The minimum Gasteiger partial charge on any atom is -0.397 e. The topological polar surface area (TPSA) is 55.1 Å². The molecule has 0 aliphatic heterocycles. The van der Waals surface area contributed by atoms with Crippen molar-refractivity contribution in [2.45, 2.75) is 46.1 Å². The van der Waals surface area contributed by atoms with E-state index in [9.17, 15) is 4.79 Å². The zero-order chi connectivity index (χ0) is 14.9. The molecule has 1 heterocycles. The molecule has 2 aromatic rings. The Morgan fingerprint density at radius 3 is 2.60 bits per heavy atom. The van der Waals surface area contributed by atoms with Crippen LogP contribution in [0.3, 0.4) is 0 Å². The third-order valence-corrected chi connectivity index (χ3v) is 5.23. The second-order valence-corrected chi connectivity index (χ2v) is 6.62. The fourth-order valence-electron chi connectivity index (χ4n) is 2.15. The van der Waals surface area contributed by atoms with Crippen LogP contribution >= 0.6 is 11.3 Å². The summed E-state index contributed by atoms with van der Waals surface area (Å²) in [6.07, 6.45) is 1.80. The van der Waals surface area contributed by atoms with Crippen LogP contribution in [0.1, 0.15) is 48.8 Å². The summed E-state index contributed by atoms with van der Waals surface area (Å²) in [7, 11) is 0. The normalized spacial score (nSPS) is 11.8. The van der Waals surface area contributed by atoms with E-state index in [1.165, 1.54) is 16.9 Å². The van der Waals surface area contributed by atoms with Gasteiger partial charge < -0.3 is 11.1 Å². The molecule has 0 fully saturated rings. The van der Waals surface area contributed by atoms with Crippen molar-refractivity contribution in [3.05, 3.63) is 28.6 Å². The van der Waals surface area contributed by atoms with Crippen molar-refractivity contribution in [1.29, 1.82) is 0 Å². The number of thiophene rings is 1. The van der Waals surface area contributed by atoms with Gasteiger partial charge in [-0.3, -0.25) is 4.79 Å². The van der Waals surface area contributed by atoms with Gasteiger partial charge in [-0.2, -0.15) is 0 Å². The molecular formula is C16H22N2OS. The lowest BCUT2D eigenvalue weighted by atomic mass is 9.95. The number of aryl methyl sites for hydroxylation is 1. The van der Waals surface area contributed by atoms with Gasteiger partial charge in [0.25, 0.3) is 5.91 Å². The number of nitrogens with one attached hydrogen (secondary N) is 1. The smallest absolute Gasteiger partial charge is 0.263 e. The van der Waals surface area contributed by atoms with E-state index in [4.69, 9.17) is 5.73 Å². The number of rotatable bonds is 4. The fourth-order valence-corrected chi connectivity index (χ4v) is 3.27. The minimum atomic E-state index is -0.171. The highest BCUT2D eigenvalue weighted by Crippen LogP contribution is 2.34. The Morgan fingerprint density at radius 2 is 2.00 bits per heavy atom. The molecule has 0 atom stereocenters. The van der Waals surface area contributed by atoms with Crippen molar-refractivity contribution < 1.29 is 4.79 Å². The molecule has 108 valence electrons. The molecule has 3 N–H and O–H groups in total. The second-order valence-electron chi connectivity index (χ2n) is 5.57. The highest BCUT2D eigenvalue weighted by atomic mass is 32.1. The SMILES string of the molecule is CCC(C)(CC)NC(=O)c1sc2cc(C)ccc2c1N. The van der Waals surface area contributed by atoms with Gasteiger partial charge in [-0.25, -0.2) is 0 Å². The van der Waals surface area contributed by atoms with Crippen LogP contribution in [-0.2, 0) is 0 Å². The van der Waals surface area contributed by atoms with Crippen molar-refractivity contribution in [3.63, 3.8) is 0 Å². The number of anilines is 1. The molecule has 4 heteroatoms. The van der Waals surface area contributed by atoms with Crippen LogP contribution in [0.15, 0.2) is 18.2 Å². The van der Waals surface area contributed by atoms with E-state index >= 15 is 0 Å². The largest absolute Gasteiger partial charge is 0.397 e. The Balaban J connectivity index is 2.38. The van der Waals surface area contributed by atoms with Crippen LogP contribution in [0.2, 0.25) is 0 Å². The summed E-state index contributed by atoms with van der Waals surface area (Å²) in [6, 6.07) is 6.09. The molecule has 0 saturated heterocycles. The summed E-state index contributed by atoms with van der Waals surface area (Å²) in [5.74, 6) is -0.0625. The third-order valence-electron chi connectivity index (χ3n) is 4.07. The van der Waals surface area contributed by atoms with E-state index in [1.807, 2.05) is 19.1 Å². The Kier molecular flexibility index (Phi) is 4.04. The summed E-state index contributed by atoms with van der Waals surface area (Å²) >= 11 is 1.47. The standard InChI is InChI=1S/C16H22N2OS/c1-5-16(4,6-2)18-15(19)14-13(17)11-8-7-10(3)9-12(11)20-14/h7-9H,5-6,17H2,1-4H3,(H,18,19). The number of hydrogen-bond donors (Lipinski definition) is 2. The molecule has 0 aliphatic rings. The van der Waals surface area contributed by atoms with Crippen LogP contribution in [0.25, 0.3) is 10.1 Å². The van der Waals surface area contributed by atoms with Gasteiger partial charge in [-0.1, -0.05) is 26.0 Å². The lowest BCUT2D eigenvalue weighted by Gasteiger charge is -2.28. The predicted molar refractivity (Wildman–Crippen MR) is 87.4 cm³/mol. The lowest BCUT2D eigenvalue weighted by Crippen LogP contribution is -2.44. The molecular weight excluding hydrogens is 268 g/mol. The van der Waals surface area contributed by atoms with Gasteiger partial charge >= 0.3 is 0 Å². The van der Waals surface area contributed by atoms with E-state index in [2.05, 4.69) is 32.2 Å². The summed E-state index contributed by atoms with van der Waals surface area (Å²) < 4.78 is 1.07. The van der Waals surface area contributed by atoms with Crippen LogP contribution in [-0.4, -0.2) is 11.4 Å². The van der Waals surface area contributed by atoms with Crippen LogP contribution in [0.4, 0.5) is 5.69 Å². The van der Waals surface area contributed by atoms with Gasteiger partial charge in [0, 0.05) is 15.6 Å². The monoisotopic (exact) mass is 290 g/mol. The zero-order valence-electron chi connectivity index (χ0n) is 12.5. The lowest BCUT2D eigenvalue weighted by molar-refractivity contribution is 0.0906. The Hall–Kier alpha value is -1.55. The average molecular weight is 290 g/mol. The number of benzene rings is 1. The van der Waals surface area contributed by atoms with Gasteiger partial charge in [0.05, 0.1) is 5.69 Å². The molecule has 0 saturated carbocycles. The van der Waals surface area contributed by atoms with E-state index in [0.717, 1.165) is 22.9 Å². The van der Waals surface area contributed by atoms with E-state index in [-0.39, 0.29) is 11.4 Å². The molecule has 1 aromatic heterocycles. The molecule has 0 unspecified atom stereocenters. The number of hydrogen-bond acceptors (Lipinski definition) is 3. The number of fused-ring (bicyclic) bond motifs is 1. The van der Waals surface area contributed by atoms with Gasteiger partial charge in [-0.15, -0.1) is 11.3 Å². The van der Waals surface area contributed by atoms with Gasteiger partial charge in [0.15, 0.2) is 0 Å². The molecule has 0 aliphatic carbocycles. The molecule has 3 nitrogen and oxygen atoms in total. The molecule has 0 spiro atoms. The van der Waals surface area contributed by atoms with E-state index in [1.54, 1.807) is 0 Å². The predicted octanol–water partition coefficient (Wildman–Crippen LogP) is 4.10. The third kappa shape index (κ3) is 2.66. The first-order chi connectivity index (χ1) is 9.40. The number of carbonyl (C=O) groups excluding carboxylic acids is 1. The van der Waals surface area contributed by atoms with Crippen LogP contribution in [0.5, 0.6) is 0 Å². The Morgan fingerprint density at radius 1 is 1.35 bits per heavy atom. The Bertz CT molecular complexity index is 641. The van der Waals surface area contributed by atoms with Crippen LogP contribution in [0, 0.1) is 6.92 Å². The van der Waals surface area contributed by atoms with Gasteiger partial charge in [0.1, 0.15) is 4.88 Å². The molecule has 2 rings (SSSR count). The first-order valence-corrected chi connectivity index (χ1v) is 7.83. The number of nitrogen functional groups attached to an aromatic ring is 1. The van der Waals surface area contributed by atoms with Crippen molar-refractivity contribution in [2.75, 3.05) is 5.73 Å². The highest BCUT2D eigenvalue weighted by Gasteiger charge is 2.25. The Labute approximate surface area is 124 Å². The zero-order valence-corrected chi connectivity index (χ0v) is 13.4. The minimum absolute atomic E-state index is 0.0625. The summed E-state index contributed by atoms with van der Waals surface area (Å²) in [5.41, 5.74) is 7.74. The highest BCUT2D eigenvalue weighted by molar-refractivity contribution is 7.21. The molecule has 1 amide bonds. The summed E-state index contributed by atoms with van der Waals surface area (Å²) in [5, 5.41) is 4.09. The molecule has 1 aromatic carbocycles. The van der Waals surface area contributed by atoms with Gasteiger partial charge in [0.2, 0.25) is 0 Å². The van der Waals surface area contributed by atoms with Crippen LogP contribution < -0.4 is 11.1 Å². The molecule has 0 bridgehead atoms. The summed E-state index contributed by atoms with van der Waals surface area (Å²) in [4.78, 5) is 13.1. The number of amides is 1. The molecule has 0 radical (unpaired) electrons. The van der Waals surface area contributed by atoms with E-state index in [0.29, 0.717) is 10.6 Å². The average Bonchev–Trinajstić information content (AvgIpc) is 2.75. The quantitative estimate of drug-likeness (QED) is 0.890. The first kappa shape index (κ1) is 14.9. The first-order valence-electron chi connectivity index (χ1n) is 7.01. The number of nitrogens with two attached hydrogens (primary N) is 1. The molecule has 20 heavy (non-hydrogen) atoms. The maximum Gasteiger partial charge on any atom is 0.263 e. The second kappa shape index (κ2) is 5.44. The fraction of sp³-hybridized carbons (Fsp3) is 0.438. The maximum atomic E-state index is 12.5. The van der Waals surface area contributed by atoms with Crippen molar-refractivity contribution in [2.24, 2.45) is 0 Å². The van der Waals surface area contributed by atoms with E-state index < -0.39 is 0 Å². The maximum absolute atomic E-state index is 12.5.